The van der Waals surface area contributed by atoms with Gasteiger partial charge in [0.25, 0.3) is 0 Å². The summed E-state index contributed by atoms with van der Waals surface area (Å²) in [5.74, 6) is 0.264. The first-order valence-corrected chi connectivity index (χ1v) is 7.52. The standard InChI is InChI=1S/C15H20F3N5O/c1-10-4-3-7-23(9-10)14(20)22-13(19)21-11-5-2-6-12(8-11)24-15(16,17)18/h2,5-6,8,10H,3-4,7,9H2,1H3,(H4,19,20,21,22). The number of nitrogens with zero attached hydrogens (tertiary/aromatic N) is 3. The zero-order valence-electron chi connectivity index (χ0n) is 13.3. The van der Waals surface area contributed by atoms with Crippen molar-refractivity contribution in [2.75, 3.05) is 13.1 Å². The van der Waals surface area contributed by atoms with E-state index in [2.05, 4.69) is 21.6 Å². The maximum Gasteiger partial charge on any atom is 0.573 e. The van der Waals surface area contributed by atoms with E-state index in [1.807, 2.05) is 4.90 Å². The largest absolute Gasteiger partial charge is 0.573 e. The van der Waals surface area contributed by atoms with Gasteiger partial charge >= 0.3 is 6.36 Å². The van der Waals surface area contributed by atoms with E-state index in [4.69, 9.17) is 11.5 Å². The van der Waals surface area contributed by atoms with Gasteiger partial charge < -0.3 is 21.1 Å². The summed E-state index contributed by atoms with van der Waals surface area (Å²) >= 11 is 0. The van der Waals surface area contributed by atoms with Crippen LogP contribution in [-0.4, -0.2) is 36.3 Å². The summed E-state index contributed by atoms with van der Waals surface area (Å²) in [6.45, 7) is 3.71. The van der Waals surface area contributed by atoms with Gasteiger partial charge in [-0.3, -0.25) is 0 Å². The summed E-state index contributed by atoms with van der Waals surface area (Å²) in [6, 6.07) is 5.17. The van der Waals surface area contributed by atoms with Crippen LogP contribution in [-0.2, 0) is 0 Å². The second-order valence-electron chi connectivity index (χ2n) is 5.68. The Morgan fingerprint density at radius 2 is 2.08 bits per heavy atom. The van der Waals surface area contributed by atoms with Crippen molar-refractivity contribution in [1.29, 1.82) is 0 Å². The van der Waals surface area contributed by atoms with Gasteiger partial charge in [0, 0.05) is 19.2 Å². The number of benzene rings is 1. The number of aliphatic imine (C=N–C) groups is 2. The summed E-state index contributed by atoms with van der Waals surface area (Å²) in [7, 11) is 0. The van der Waals surface area contributed by atoms with Gasteiger partial charge in [0.05, 0.1) is 5.69 Å². The minimum atomic E-state index is -4.76. The Bertz CT molecular complexity index is 630. The number of guanidine groups is 2. The van der Waals surface area contributed by atoms with Crippen LogP contribution in [0.5, 0.6) is 5.75 Å². The first kappa shape index (κ1) is 17.9. The topological polar surface area (TPSA) is 89.2 Å². The van der Waals surface area contributed by atoms with Gasteiger partial charge in [0.1, 0.15) is 5.75 Å². The van der Waals surface area contributed by atoms with Crippen LogP contribution in [0, 0.1) is 5.92 Å². The highest BCUT2D eigenvalue weighted by Gasteiger charge is 2.31. The van der Waals surface area contributed by atoms with Crippen molar-refractivity contribution in [3.05, 3.63) is 24.3 Å². The molecule has 0 amide bonds. The second-order valence-corrected chi connectivity index (χ2v) is 5.68. The normalized spacial score (nSPS) is 20.2. The fourth-order valence-electron chi connectivity index (χ4n) is 2.49. The summed E-state index contributed by atoms with van der Waals surface area (Å²) < 4.78 is 40.5. The number of nitrogens with two attached hydrogens (primary N) is 2. The number of ether oxygens (including phenoxy) is 1. The summed E-state index contributed by atoms with van der Waals surface area (Å²) in [6.07, 6.45) is -2.61. The van der Waals surface area contributed by atoms with Crippen molar-refractivity contribution >= 4 is 17.6 Å². The zero-order chi connectivity index (χ0) is 17.7. The molecular formula is C15H20F3N5O. The molecule has 1 saturated heterocycles. The Labute approximate surface area is 138 Å². The summed E-state index contributed by atoms with van der Waals surface area (Å²) in [5.41, 5.74) is 11.8. The molecule has 0 saturated carbocycles. The van der Waals surface area contributed by atoms with Gasteiger partial charge in [-0.05, 0) is 30.9 Å². The molecule has 2 rings (SSSR count). The molecule has 132 valence electrons. The molecule has 6 nitrogen and oxygen atoms in total. The highest BCUT2D eigenvalue weighted by Crippen LogP contribution is 2.26. The molecule has 0 radical (unpaired) electrons. The Morgan fingerprint density at radius 1 is 1.33 bits per heavy atom. The Hall–Kier alpha value is -2.45. The van der Waals surface area contributed by atoms with Crippen LogP contribution in [0.4, 0.5) is 18.9 Å². The Kier molecular flexibility index (Phi) is 5.53. The first-order chi connectivity index (χ1) is 11.2. The lowest BCUT2D eigenvalue weighted by Gasteiger charge is -2.31. The van der Waals surface area contributed by atoms with Crippen LogP contribution in [0.2, 0.25) is 0 Å². The first-order valence-electron chi connectivity index (χ1n) is 7.52. The molecule has 0 aliphatic carbocycles. The van der Waals surface area contributed by atoms with E-state index in [0.29, 0.717) is 5.92 Å². The molecule has 1 aliphatic rings. The molecule has 1 atom stereocenters. The van der Waals surface area contributed by atoms with Gasteiger partial charge in [-0.15, -0.1) is 13.2 Å². The van der Waals surface area contributed by atoms with E-state index >= 15 is 0 Å². The predicted octanol–water partition coefficient (Wildman–Crippen LogP) is 2.58. The van der Waals surface area contributed by atoms with E-state index in [-0.39, 0.29) is 23.4 Å². The number of hydrogen-bond donors (Lipinski definition) is 2. The number of rotatable bonds is 2. The van der Waals surface area contributed by atoms with Gasteiger partial charge in [0.2, 0.25) is 5.96 Å². The second kappa shape index (κ2) is 7.41. The molecule has 0 bridgehead atoms. The molecule has 1 aromatic rings. The maximum absolute atomic E-state index is 12.2. The lowest BCUT2D eigenvalue weighted by Crippen LogP contribution is -2.44. The average Bonchev–Trinajstić information content (AvgIpc) is 2.45. The minimum absolute atomic E-state index is 0.130. The molecule has 1 unspecified atom stereocenters. The molecule has 1 heterocycles. The molecule has 24 heavy (non-hydrogen) atoms. The molecule has 1 aliphatic heterocycles. The van der Waals surface area contributed by atoms with E-state index in [0.717, 1.165) is 32.0 Å². The van der Waals surface area contributed by atoms with E-state index in [1.165, 1.54) is 18.2 Å². The molecule has 1 fully saturated rings. The molecule has 0 aromatic heterocycles. The minimum Gasteiger partial charge on any atom is -0.406 e. The van der Waals surface area contributed by atoms with Crippen molar-refractivity contribution in [2.45, 2.75) is 26.1 Å². The highest BCUT2D eigenvalue weighted by atomic mass is 19.4. The Balaban J connectivity index is 2.09. The van der Waals surface area contributed by atoms with Crippen LogP contribution >= 0.6 is 0 Å². The van der Waals surface area contributed by atoms with Crippen molar-refractivity contribution in [3.63, 3.8) is 0 Å². The van der Waals surface area contributed by atoms with Crippen molar-refractivity contribution in [2.24, 2.45) is 27.4 Å². The van der Waals surface area contributed by atoms with Crippen LogP contribution in [0.15, 0.2) is 34.3 Å². The average molecular weight is 343 g/mol. The van der Waals surface area contributed by atoms with E-state index in [1.54, 1.807) is 0 Å². The number of halogens is 3. The number of hydrogen-bond acceptors (Lipinski definition) is 2. The fourth-order valence-corrected chi connectivity index (χ4v) is 2.49. The quantitative estimate of drug-likeness (QED) is 0.638. The molecule has 4 N–H and O–H groups in total. The fraction of sp³-hybridized carbons (Fsp3) is 0.467. The summed E-state index contributed by atoms with van der Waals surface area (Å²) in [5, 5.41) is 0. The molecule has 9 heteroatoms. The monoisotopic (exact) mass is 343 g/mol. The van der Waals surface area contributed by atoms with Crippen molar-refractivity contribution < 1.29 is 17.9 Å². The zero-order valence-corrected chi connectivity index (χ0v) is 13.3. The van der Waals surface area contributed by atoms with Crippen LogP contribution in [0.1, 0.15) is 19.8 Å². The van der Waals surface area contributed by atoms with Gasteiger partial charge in [-0.2, -0.15) is 4.99 Å². The van der Waals surface area contributed by atoms with Crippen molar-refractivity contribution in [3.8, 4) is 5.75 Å². The lowest BCUT2D eigenvalue weighted by atomic mass is 10.0. The molecule has 1 aromatic carbocycles. The third-order valence-corrected chi connectivity index (χ3v) is 3.50. The predicted molar refractivity (Wildman–Crippen MR) is 86.0 cm³/mol. The Morgan fingerprint density at radius 3 is 2.75 bits per heavy atom. The van der Waals surface area contributed by atoms with Crippen LogP contribution in [0.3, 0.4) is 0 Å². The highest BCUT2D eigenvalue weighted by molar-refractivity contribution is 5.94. The van der Waals surface area contributed by atoms with Crippen LogP contribution in [0.25, 0.3) is 0 Å². The smallest absolute Gasteiger partial charge is 0.406 e. The van der Waals surface area contributed by atoms with Crippen LogP contribution < -0.4 is 16.2 Å². The maximum atomic E-state index is 12.2. The van der Waals surface area contributed by atoms with Gasteiger partial charge in [-0.25, -0.2) is 4.99 Å². The lowest BCUT2D eigenvalue weighted by molar-refractivity contribution is -0.274. The SMILES string of the molecule is CC1CCCN(/C(N)=N/C(N)=Nc2cccc(OC(F)(F)F)c2)C1. The third-order valence-electron chi connectivity index (χ3n) is 3.50. The molecule has 0 spiro atoms. The third kappa shape index (κ3) is 5.64. The van der Waals surface area contributed by atoms with Gasteiger partial charge in [0.15, 0.2) is 5.96 Å². The number of piperidine rings is 1. The van der Waals surface area contributed by atoms with E-state index < -0.39 is 6.36 Å². The van der Waals surface area contributed by atoms with Gasteiger partial charge in [-0.1, -0.05) is 13.0 Å². The summed E-state index contributed by atoms with van der Waals surface area (Å²) in [4.78, 5) is 9.89. The van der Waals surface area contributed by atoms with Crippen molar-refractivity contribution in [1.82, 2.24) is 4.90 Å². The van der Waals surface area contributed by atoms with E-state index in [9.17, 15) is 13.2 Å². The molecular weight excluding hydrogens is 323 g/mol. The number of alkyl halides is 3. The number of likely N-dealkylation sites (tertiary alicyclic amines) is 1.